The monoisotopic (exact) mass is 672 g/mol. The Balaban J connectivity index is 1.63. The van der Waals surface area contributed by atoms with Gasteiger partial charge in [0.1, 0.15) is 48.2 Å². The van der Waals surface area contributed by atoms with E-state index >= 15 is 0 Å². The van der Waals surface area contributed by atoms with Crippen molar-refractivity contribution in [1.82, 2.24) is 19.9 Å². The van der Waals surface area contributed by atoms with E-state index in [0.717, 1.165) is 32.1 Å². The fourth-order valence-electron chi connectivity index (χ4n) is 5.61. The van der Waals surface area contributed by atoms with Crippen LogP contribution in [0.25, 0.3) is 5.52 Å². The van der Waals surface area contributed by atoms with Crippen LogP contribution in [0.4, 0.5) is 5.82 Å². The molecule has 1 saturated heterocycles. The molecule has 1 saturated carbocycles. The first-order valence-corrected chi connectivity index (χ1v) is 16.4. The third kappa shape index (κ3) is 8.21. The number of fused-ring (bicyclic) bond motifs is 1. The number of esters is 3. The zero-order chi connectivity index (χ0) is 35.2. The Morgan fingerprint density at radius 3 is 2.29 bits per heavy atom. The average molecular weight is 673 g/mol. The fraction of sp³-hybridized carbons (Fsp3) is 0.688. The maximum absolute atomic E-state index is 13.3. The Morgan fingerprint density at radius 2 is 1.67 bits per heavy atom. The van der Waals surface area contributed by atoms with Crippen molar-refractivity contribution in [2.24, 2.45) is 23.3 Å². The summed E-state index contributed by atoms with van der Waals surface area (Å²) in [7, 11) is 0. The highest BCUT2D eigenvalue weighted by molar-refractivity contribution is 5.77. The van der Waals surface area contributed by atoms with E-state index in [-0.39, 0.29) is 30.5 Å². The SMILES string of the molecule is CC(C)C(N)C(=O)O[C@H]1[C@H](c2ccc3c(N)ncnn23)O[C@](C#N)(COCN[C@@H](C)C(=O)OC2CCCCC2)[C@H]1OC(=O)C(N)C(C)C. The minimum Gasteiger partial charge on any atom is -0.461 e. The normalized spacial score (nSPS) is 25.0. The average Bonchev–Trinajstić information content (AvgIpc) is 3.62. The predicted octanol–water partition coefficient (Wildman–Crippen LogP) is 1.26. The molecule has 7 N–H and O–H groups in total. The molecule has 0 spiro atoms. The maximum Gasteiger partial charge on any atom is 0.323 e. The van der Waals surface area contributed by atoms with Crippen molar-refractivity contribution in [3.8, 4) is 6.07 Å². The molecule has 1 aliphatic heterocycles. The van der Waals surface area contributed by atoms with Gasteiger partial charge in [-0.25, -0.2) is 9.50 Å². The summed E-state index contributed by atoms with van der Waals surface area (Å²) in [5.74, 6) is -2.48. The number of ether oxygens (including phenoxy) is 5. The van der Waals surface area contributed by atoms with Crippen molar-refractivity contribution in [2.45, 2.75) is 115 Å². The Labute approximate surface area is 279 Å². The van der Waals surface area contributed by atoms with Gasteiger partial charge in [0.25, 0.3) is 0 Å². The predicted molar refractivity (Wildman–Crippen MR) is 171 cm³/mol. The molecule has 0 amide bonds. The molecule has 3 heterocycles. The molecule has 16 nitrogen and oxygen atoms in total. The largest absolute Gasteiger partial charge is 0.461 e. The zero-order valence-corrected chi connectivity index (χ0v) is 28.2. The molecule has 0 bridgehead atoms. The van der Waals surface area contributed by atoms with Crippen LogP contribution in [-0.2, 0) is 38.1 Å². The molecular weight excluding hydrogens is 624 g/mol. The topological polar surface area (TPSA) is 241 Å². The Morgan fingerprint density at radius 1 is 1.02 bits per heavy atom. The molecule has 2 aliphatic rings. The van der Waals surface area contributed by atoms with Crippen LogP contribution in [-0.4, -0.2) is 87.9 Å². The number of carbonyl (C=O) groups excluding carboxylic acids is 3. The molecule has 4 rings (SSSR count). The molecule has 2 aromatic heterocycles. The van der Waals surface area contributed by atoms with E-state index in [4.69, 9.17) is 40.9 Å². The number of hydrogen-bond acceptors (Lipinski definition) is 15. The Kier molecular flexibility index (Phi) is 12.3. The van der Waals surface area contributed by atoms with Gasteiger partial charge in [0.05, 0.1) is 19.0 Å². The summed E-state index contributed by atoms with van der Waals surface area (Å²) >= 11 is 0. The molecule has 1 aliphatic carbocycles. The minimum atomic E-state index is -2.01. The second kappa shape index (κ2) is 16.0. The third-order valence-corrected chi connectivity index (χ3v) is 8.86. The number of anilines is 1. The van der Waals surface area contributed by atoms with E-state index in [1.165, 1.54) is 10.8 Å². The van der Waals surface area contributed by atoms with Gasteiger partial charge in [-0.1, -0.05) is 34.1 Å². The van der Waals surface area contributed by atoms with Crippen molar-refractivity contribution in [3.05, 3.63) is 24.2 Å². The highest BCUT2D eigenvalue weighted by atomic mass is 16.7. The summed E-state index contributed by atoms with van der Waals surface area (Å²) in [4.78, 5) is 43.3. The maximum atomic E-state index is 13.3. The van der Waals surface area contributed by atoms with Crippen LogP contribution in [0.5, 0.6) is 0 Å². The molecule has 2 aromatic rings. The second-order valence-corrected chi connectivity index (χ2v) is 13.2. The molecule has 2 fully saturated rings. The van der Waals surface area contributed by atoms with E-state index in [9.17, 15) is 19.6 Å². The molecule has 16 heteroatoms. The molecule has 48 heavy (non-hydrogen) atoms. The van der Waals surface area contributed by atoms with Crippen LogP contribution < -0.4 is 22.5 Å². The first-order valence-electron chi connectivity index (χ1n) is 16.4. The fourth-order valence-corrected chi connectivity index (χ4v) is 5.61. The van der Waals surface area contributed by atoms with E-state index in [0.29, 0.717) is 11.2 Å². The van der Waals surface area contributed by atoms with Gasteiger partial charge in [-0.15, -0.1) is 0 Å². The van der Waals surface area contributed by atoms with Gasteiger partial charge in [0, 0.05) is 0 Å². The van der Waals surface area contributed by atoms with E-state index in [1.54, 1.807) is 46.8 Å². The number of carbonyl (C=O) groups is 3. The van der Waals surface area contributed by atoms with Gasteiger partial charge in [0.2, 0.25) is 5.60 Å². The van der Waals surface area contributed by atoms with Crippen molar-refractivity contribution in [1.29, 1.82) is 5.26 Å². The lowest BCUT2D eigenvalue weighted by Gasteiger charge is -2.30. The van der Waals surface area contributed by atoms with Crippen LogP contribution in [0.15, 0.2) is 18.5 Å². The third-order valence-electron chi connectivity index (χ3n) is 8.86. The van der Waals surface area contributed by atoms with Gasteiger partial charge >= 0.3 is 17.9 Å². The summed E-state index contributed by atoms with van der Waals surface area (Å²) in [5, 5.41) is 17.9. The van der Waals surface area contributed by atoms with Gasteiger partial charge in [-0.3, -0.25) is 19.7 Å². The quantitative estimate of drug-likeness (QED) is 0.0956. The van der Waals surface area contributed by atoms with E-state index < -0.39 is 66.6 Å². The number of nitrogen functional groups attached to an aromatic ring is 1. The zero-order valence-electron chi connectivity index (χ0n) is 28.2. The highest BCUT2D eigenvalue weighted by Gasteiger charge is 2.62. The van der Waals surface area contributed by atoms with Crippen LogP contribution in [0, 0.1) is 23.2 Å². The van der Waals surface area contributed by atoms with Crippen LogP contribution in [0.3, 0.4) is 0 Å². The smallest absolute Gasteiger partial charge is 0.323 e. The minimum absolute atomic E-state index is 0.107. The van der Waals surface area contributed by atoms with Crippen molar-refractivity contribution in [2.75, 3.05) is 19.1 Å². The first kappa shape index (κ1) is 36.9. The number of rotatable bonds is 14. The van der Waals surface area contributed by atoms with E-state index in [1.807, 2.05) is 0 Å². The second-order valence-electron chi connectivity index (χ2n) is 13.2. The standard InChI is InChI=1S/C32H48N8O8/c1-17(2)23(34)30(42)46-26-25(21-11-12-22-28(36)37-15-39-40(21)22)48-32(13-33,27(26)47-31(43)24(35)18(3)4)14-44-16-38-19(5)29(41)45-20-9-7-6-8-10-20/h11-12,15,17-20,23-27,38H,6-10,14,16,34-35H2,1-5H3,(H2,36,37,39)/t19-,23?,24?,25-,26-,27-,32+/m0/s1. The molecule has 2 unspecified atom stereocenters. The molecule has 7 atom stereocenters. The lowest BCUT2D eigenvalue weighted by atomic mass is 9.94. The first-order chi connectivity index (χ1) is 22.8. The highest BCUT2D eigenvalue weighted by Crippen LogP contribution is 2.44. The molecule has 0 aromatic carbocycles. The van der Waals surface area contributed by atoms with Gasteiger partial charge in [-0.2, -0.15) is 10.4 Å². The number of hydrogen-bond donors (Lipinski definition) is 4. The summed E-state index contributed by atoms with van der Waals surface area (Å²) < 4.78 is 31.1. The number of nitrogens with zero attached hydrogens (tertiary/aromatic N) is 4. The van der Waals surface area contributed by atoms with E-state index in [2.05, 4.69) is 21.5 Å². The van der Waals surface area contributed by atoms with Gasteiger partial charge in [-0.05, 0) is 56.6 Å². The summed E-state index contributed by atoms with van der Waals surface area (Å²) in [6.45, 7) is 7.97. The van der Waals surface area contributed by atoms with Crippen molar-refractivity contribution >= 4 is 29.2 Å². The summed E-state index contributed by atoms with van der Waals surface area (Å²) in [6, 6.07) is 2.57. The van der Waals surface area contributed by atoms with Crippen molar-refractivity contribution < 1.29 is 38.1 Å². The van der Waals surface area contributed by atoms with Crippen molar-refractivity contribution in [3.63, 3.8) is 0 Å². The molecule has 0 radical (unpaired) electrons. The van der Waals surface area contributed by atoms with Crippen LogP contribution >= 0.6 is 0 Å². The van der Waals surface area contributed by atoms with Gasteiger partial charge < -0.3 is 40.9 Å². The number of nitrogens with two attached hydrogens (primary N) is 3. The Bertz CT molecular complexity index is 1470. The summed E-state index contributed by atoms with van der Waals surface area (Å²) in [5.41, 5.74) is 17.1. The van der Waals surface area contributed by atoms with Crippen LogP contribution in [0.1, 0.15) is 78.5 Å². The number of aromatic nitrogens is 3. The van der Waals surface area contributed by atoms with Crippen LogP contribution in [0.2, 0.25) is 0 Å². The lowest BCUT2D eigenvalue weighted by Crippen LogP contribution is -2.53. The summed E-state index contributed by atoms with van der Waals surface area (Å²) in [6.07, 6.45) is 1.86. The number of nitriles is 1. The van der Waals surface area contributed by atoms with Gasteiger partial charge in [0.15, 0.2) is 18.0 Å². The number of nitrogens with one attached hydrogen (secondary N) is 1. The molecular formula is C32H48N8O8. The molecule has 264 valence electrons. The lowest BCUT2D eigenvalue weighted by molar-refractivity contribution is -0.173. The Hall–Kier alpha value is -3.88.